The van der Waals surface area contributed by atoms with Crippen LogP contribution >= 0.6 is 34.7 Å². The average molecular weight is 577 g/mol. The van der Waals surface area contributed by atoms with Crippen molar-refractivity contribution >= 4 is 75.8 Å². The molecule has 2 unspecified atom stereocenters. The number of hydrogen-bond donors (Lipinski definition) is 4. The number of alkyl halides is 1. The number of aliphatic carboxylic acids is 1. The largest absolute Gasteiger partial charge is 0.480 e. The van der Waals surface area contributed by atoms with Gasteiger partial charge < -0.3 is 35.5 Å². The summed E-state index contributed by atoms with van der Waals surface area (Å²) in [4.78, 5) is 68.5. The molecule has 37 heavy (non-hydrogen) atoms. The number of hydrogen-bond acceptors (Lipinski definition) is 11. The first-order valence-electron chi connectivity index (χ1n) is 10.8. The number of anilines is 1. The zero-order chi connectivity index (χ0) is 27.4. The van der Waals surface area contributed by atoms with Gasteiger partial charge in [-0.1, -0.05) is 5.16 Å². The summed E-state index contributed by atoms with van der Waals surface area (Å²) >= 11 is 8.29. The molecule has 0 saturated carbocycles. The van der Waals surface area contributed by atoms with Crippen LogP contribution < -0.4 is 16.0 Å². The third-order valence-corrected chi connectivity index (χ3v) is 7.75. The summed E-state index contributed by atoms with van der Waals surface area (Å²) in [5.41, 5.74) is -0.856. The highest BCUT2D eigenvalue weighted by molar-refractivity contribution is 8.00. The van der Waals surface area contributed by atoms with Crippen LogP contribution in [0.2, 0.25) is 0 Å². The molecule has 4 N–H and O–H groups in total. The zero-order valence-electron chi connectivity index (χ0n) is 20.0. The molecule has 0 spiro atoms. The summed E-state index contributed by atoms with van der Waals surface area (Å²) in [7, 11) is 0. The fourth-order valence-corrected chi connectivity index (χ4v) is 5.57. The van der Waals surface area contributed by atoms with E-state index in [2.05, 4.69) is 26.1 Å². The van der Waals surface area contributed by atoms with Crippen molar-refractivity contribution in [1.29, 1.82) is 0 Å². The topological polar surface area (TPSA) is 189 Å². The normalized spacial score (nSPS) is 23.3. The molecule has 2 aliphatic heterocycles. The van der Waals surface area contributed by atoms with Crippen LogP contribution in [-0.2, 0) is 28.8 Å². The highest BCUT2D eigenvalue weighted by atomic mass is 35.5. The molecule has 4 amide bonds. The summed E-state index contributed by atoms with van der Waals surface area (Å²) < 4.78 is 5.11. The number of amides is 4. The van der Waals surface area contributed by atoms with Crippen molar-refractivity contribution in [2.24, 2.45) is 5.16 Å². The Bertz CT molecular complexity index is 1110. The number of rotatable bonds is 10. The van der Waals surface area contributed by atoms with Crippen molar-refractivity contribution in [2.45, 2.75) is 42.7 Å². The van der Waals surface area contributed by atoms with Gasteiger partial charge in [-0.15, -0.1) is 34.7 Å². The molecule has 0 radical (unpaired) electrons. The lowest BCUT2D eigenvalue weighted by Crippen LogP contribution is -2.74. The van der Waals surface area contributed by atoms with Gasteiger partial charge in [0.15, 0.2) is 15.7 Å². The molecule has 202 valence electrons. The summed E-state index contributed by atoms with van der Waals surface area (Å²) in [6, 6.07) is -0.933. The highest BCUT2D eigenvalue weighted by Gasteiger charge is 2.57. The van der Waals surface area contributed by atoms with Crippen LogP contribution in [0.4, 0.5) is 9.93 Å². The quantitative estimate of drug-likeness (QED) is 0.0758. The van der Waals surface area contributed by atoms with Crippen molar-refractivity contribution in [3.05, 3.63) is 11.1 Å². The highest BCUT2D eigenvalue weighted by Crippen LogP contribution is 2.41. The molecule has 0 bridgehead atoms. The van der Waals surface area contributed by atoms with Gasteiger partial charge in [-0.25, -0.2) is 9.78 Å². The molecule has 3 heterocycles. The predicted molar refractivity (Wildman–Crippen MR) is 135 cm³/mol. The molecule has 3 rings (SSSR count). The van der Waals surface area contributed by atoms with Crippen LogP contribution in [-0.4, -0.2) is 98.3 Å². The maximum atomic E-state index is 13.1. The maximum Gasteiger partial charge on any atom is 0.407 e. The van der Waals surface area contributed by atoms with Gasteiger partial charge >= 0.3 is 12.1 Å². The van der Waals surface area contributed by atoms with Gasteiger partial charge in [0.25, 0.3) is 5.91 Å². The molecule has 3 atom stereocenters. The Morgan fingerprint density at radius 3 is 2.78 bits per heavy atom. The van der Waals surface area contributed by atoms with E-state index in [1.54, 1.807) is 20.8 Å². The number of fused-ring (bicyclic) bond motifs is 1. The van der Waals surface area contributed by atoms with Crippen LogP contribution in [0.25, 0.3) is 0 Å². The van der Waals surface area contributed by atoms with Crippen LogP contribution in [0.15, 0.2) is 10.5 Å². The number of nitrogens with one attached hydrogen (secondary N) is 3. The fourth-order valence-electron chi connectivity index (χ4n) is 3.21. The number of carbonyl (C=O) groups excluding carboxylic acids is 4. The second-order valence-electron chi connectivity index (χ2n) is 8.89. The first-order valence-corrected chi connectivity index (χ1v) is 13.1. The number of aromatic nitrogens is 1. The van der Waals surface area contributed by atoms with Gasteiger partial charge in [0.2, 0.25) is 12.3 Å². The van der Waals surface area contributed by atoms with Gasteiger partial charge in [0.1, 0.15) is 29.3 Å². The number of alkyl carbamates (subject to hydrolysis) is 1. The molecule has 1 aromatic rings. The molecule has 0 aliphatic carbocycles. The minimum absolute atomic E-state index is 0.0286. The monoisotopic (exact) mass is 576 g/mol. The van der Waals surface area contributed by atoms with E-state index in [0.717, 1.165) is 23.1 Å². The number of ether oxygens (including phenoxy) is 1. The van der Waals surface area contributed by atoms with Gasteiger partial charge in [-0.3, -0.25) is 19.2 Å². The third kappa shape index (κ3) is 7.01. The molecule has 14 nitrogen and oxygen atoms in total. The number of carboxylic acids is 1. The lowest BCUT2D eigenvalue weighted by molar-refractivity contribution is -0.151. The predicted octanol–water partition coefficient (Wildman–Crippen LogP) is 0.419. The first kappa shape index (κ1) is 28.5. The van der Waals surface area contributed by atoms with E-state index in [1.165, 1.54) is 10.3 Å². The second kappa shape index (κ2) is 11.5. The number of β-lactam (4-membered cyclic amide) rings is 1. The van der Waals surface area contributed by atoms with E-state index in [4.69, 9.17) is 21.2 Å². The molecular weight excluding hydrogens is 552 g/mol. The minimum atomic E-state index is -1.60. The molecule has 17 heteroatoms. The third-order valence-electron chi connectivity index (χ3n) is 4.88. The van der Waals surface area contributed by atoms with Crippen LogP contribution in [0.5, 0.6) is 0 Å². The van der Waals surface area contributed by atoms with E-state index in [1.807, 2.05) is 0 Å². The number of thiazole rings is 1. The van der Waals surface area contributed by atoms with E-state index in [9.17, 15) is 29.1 Å². The van der Waals surface area contributed by atoms with Crippen LogP contribution in [0.3, 0.4) is 0 Å². The summed E-state index contributed by atoms with van der Waals surface area (Å²) in [6.45, 7) is 4.89. The summed E-state index contributed by atoms with van der Waals surface area (Å²) in [5, 5.41) is 21.8. The number of oxime groups is 1. The first-order chi connectivity index (χ1) is 17.3. The average Bonchev–Trinajstić information content (AvgIpc) is 3.26. The molecule has 2 saturated heterocycles. The number of halogens is 1. The second-order valence-corrected chi connectivity index (χ2v) is 11.6. The van der Waals surface area contributed by atoms with E-state index in [0.29, 0.717) is 6.41 Å². The van der Waals surface area contributed by atoms with E-state index in [-0.39, 0.29) is 42.0 Å². The number of carbonyl (C=O) groups is 5. The van der Waals surface area contributed by atoms with E-state index < -0.39 is 45.8 Å². The Labute approximate surface area is 224 Å². The van der Waals surface area contributed by atoms with Gasteiger partial charge in [0, 0.05) is 11.1 Å². The maximum absolute atomic E-state index is 13.1. The molecule has 1 aromatic heterocycles. The zero-order valence-corrected chi connectivity index (χ0v) is 22.4. The van der Waals surface area contributed by atoms with Crippen LogP contribution in [0, 0.1) is 0 Å². The number of nitrogens with zero attached hydrogens (tertiary/aromatic N) is 3. The smallest absolute Gasteiger partial charge is 0.407 e. The van der Waals surface area contributed by atoms with Crippen molar-refractivity contribution in [3.8, 4) is 0 Å². The molecule has 2 fully saturated rings. The Morgan fingerprint density at radius 1 is 1.41 bits per heavy atom. The van der Waals surface area contributed by atoms with Gasteiger partial charge in [0.05, 0.1) is 13.1 Å². The Kier molecular flexibility index (Phi) is 8.86. The van der Waals surface area contributed by atoms with Crippen molar-refractivity contribution in [3.63, 3.8) is 0 Å². The molecule has 0 aromatic carbocycles. The lowest BCUT2D eigenvalue weighted by Gasteiger charge is -2.52. The van der Waals surface area contributed by atoms with Crippen molar-refractivity contribution < 1.29 is 38.7 Å². The van der Waals surface area contributed by atoms with Crippen molar-refractivity contribution in [2.75, 3.05) is 30.8 Å². The fraction of sp³-hybridized carbons (Fsp3) is 0.550. The van der Waals surface area contributed by atoms with Crippen molar-refractivity contribution in [1.82, 2.24) is 20.5 Å². The standard InChI is InChI=1S/C20H25ClN6O8S2/c1-19(2,3)35-18(33)22-4-5-34-26-11(10-6-36-17(24-10)23-9-28)13(29)25-12-14(30)27-7-20(21,16(31)32)8-37-15(12)27/h6,9,12,15H,4-5,7-8H2,1-3H3,(H,22,33)(H,25,29)(H,31,32)(H,23,24,28)/t12?,15-,20?/m1/s1. The van der Waals surface area contributed by atoms with Gasteiger partial charge in [-0.05, 0) is 20.8 Å². The van der Waals surface area contributed by atoms with Gasteiger partial charge in [-0.2, -0.15) is 0 Å². The summed E-state index contributed by atoms with van der Waals surface area (Å²) in [6.07, 6.45) is -0.224. The summed E-state index contributed by atoms with van der Waals surface area (Å²) in [5.74, 6) is -2.44. The van der Waals surface area contributed by atoms with Crippen LogP contribution in [0.1, 0.15) is 26.5 Å². The Balaban J connectivity index is 1.64. The SMILES string of the molecule is CC(C)(C)OC(=O)NCCON=C(C(=O)NC1C(=O)N2CC(Cl)(C(=O)O)CS[C@H]12)c1csc(NC=O)n1. The Morgan fingerprint density at radius 2 is 2.14 bits per heavy atom. The number of thioether (sulfide) groups is 1. The Hall–Kier alpha value is -3.11. The number of carboxylic acid groups (broad SMARTS) is 1. The molecule has 2 aliphatic rings. The minimum Gasteiger partial charge on any atom is -0.480 e. The molecular formula is C20H25ClN6O8S2. The lowest BCUT2D eigenvalue weighted by atomic mass is 10.0. The van der Waals surface area contributed by atoms with E-state index >= 15 is 0 Å².